The van der Waals surface area contributed by atoms with Crippen LogP contribution in [0.2, 0.25) is 0 Å². The van der Waals surface area contributed by atoms with E-state index in [1.807, 2.05) is 50.2 Å². The molecule has 0 saturated carbocycles. The van der Waals surface area contributed by atoms with Crippen molar-refractivity contribution in [1.82, 2.24) is 9.58 Å². The number of hydrazone groups is 1. The molecule has 0 bridgehead atoms. The lowest BCUT2D eigenvalue weighted by Gasteiger charge is -2.20. The zero-order valence-electron chi connectivity index (χ0n) is 19.4. The molecule has 0 saturated heterocycles. The predicted molar refractivity (Wildman–Crippen MR) is 140 cm³/mol. The van der Waals surface area contributed by atoms with Crippen molar-refractivity contribution in [2.75, 3.05) is 0 Å². The van der Waals surface area contributed by atoms with Gasteiger partial charge in [-0.25, -0.2) is 0 Å². The molecule has 1 N–H and O–H groups in total. The number of rotatable bonds is 5. The van der Waals surface area contributed by atoms with E-state index in [0.29, 0.717) is 11.6 Å². The minimum absolute atomic E-state index is 0.0580. The number of nitrogens with zero attached hydrogens (tertiary/aromatic N) is 4. The van der Waals surface area contributed by atoms with E-state index in [4.69, 9.17) is 5.41 Å². The molecule has 2 aliphatic heterocycles. The van der Waals surface area contributed by atoms with Crippen LogP contribution < -0.4 is 0 Å². The largest absolute Gasteiger partial charge is 0.318 e. The van der Waals surface area contributed by atoms with Crippen LogP contribution in [0.4, 0.5) is 0 Å². The van der Waals surface area contributed by atoms with Gasteiger partial charge in [-0.15, -0.1) is 0 Å². The van der Waals surface area contributed by atoms with Crippen molar-refractivity contribution in [1.29, 1.82) is 5.41 Å². The maximum absolute atomic E-state index is 12.9. The molecule has 3 heterocycles. The van der Waals surface area contributed by atoms with E-state index >= 15 is 0 Å². The summed E-state index contributed by atoms with van der Waals surface area (Å²) in [5, 5.41) is 16.0. The lowest BCUT2D eigenvalue weighted by molar-refractivity contribution is -0.114. The van der Waals surface area contributed by atoms with Gasteiger partial charge in [-0.1, -0.05) is 49.4 Å². The molecule has 7 heteroatoms. The topological polar surface area (TPSA) is 73.8 Å². The molecule has 2 aliphatic rings. The standard InChI is InChI=1S/C27H25N5OS/c1-4-19-10-12-22(13-11-19)31-17(2)14-21(18(31)3)16-23-25(28)32-27(29-26(23)33)34-24(30-32)15-20-8-6-5-7-9-20/h5-14,16,28H,4,15H2,1-3H3/b23-16+,28-25?. The Balaban J connectivity index is 1.45. The van der Waals surface area contributed by atoms with Crippen molar-refractivity contribution in [3.63, 3.8) is 0 Å². The molecule has 0 unspecified atom stereocenters. The number of nitrogens with one attached hydrogen (secondary N) is 1. The van der Waals surface area contributed by atoms with Crippen molar-refractivity contribution in [2.24, 2.45) is 10.1 Å². The van der Waals surface area contributed by atoms with Crippen LogP contribution in [0.1, 0.15) is 35.0 Å². The second-order valence-electron chi connectivity index (χ2n) is 8.36. The van der Waals surface area contributed by atoms with E-state index in [2.05, 4.69) is 45.9 Å². The third kappa shape index (κ3) is 4.03. The summed E-state index contributed by atoms with van der Waals surface area (Å²) in [4.78, 5) is 17.1. The molecule has 0 aliphatic carbocycles. The molecule has 0 atom stereocenters. The Hall–Kier alpha value is -3.71. The van der Waals surface area contributed by atoms with Crippen molar-refractivity contribution < 1.29 is 4.79 Å². The zero-order chi connectivity index (χ0) is 23.8. The minimum atomic E-state index is -0.406. The first kappa shape index (κ1) is 22.1. The number of aryl methyl sites for hydroxylation is 2. The normalized spacial score (nSPS) is 16.7. The van der Waals surface area contributed by atoms with Gasteiger partial charge in [-0.2, -0.15) is 15.1 Å². The van der Waals surface area contributed by atoms with Crippen LogP contribution in [0.5, 0.6) is 0 Å². The van der Waals surface area contributed by atoms with Crippen LogP contribution in [0, 0.1) is 19.3 Å². The lowest BCUT2D eigenvalue weighted by atomic mass is 10.1. The molecule has 2 aromatic carbocycles. The van der Waals surface area contributed by atoms with Gasteiger partial charge in [0.25, 0.3) is 5.91 Å². The fraction of sp³-hybridized carbons (Fsp3) is 0.185. The van der Waals surface area contributed by atoms with Crippen molar-refractivity contribution in [2.45, 2.75) is 33.6 Å². The molecule has 34 heavy (non-hydrogen) atoms. The highest BCUT2D eigenvalue weighted by atomic mass is 32.2. The Bertz CT molecular complexity index is 1380. The Morgan fingerprint density at radius 3 is 2.47 bits per heavy atom. The van der Waals surface area contributed by atoms with E-state index in [1.54, 1.807) is 6.08 Å². The van der Waals surface area contributed by atoms with Crippen molar-refractivity contribution in [3.8, 4) is 5.69 Å². The summed E-state index contributed by atoms with van der Waals surface area (Å²) in [6.45, 7) is 6.22. The number of hydrogen-bond donors (Lipinski definition) is 1. The number of amidine groups is 2. The number of amides is 1. The SMILES string of the molecule is CCc1ccc(-n2c(C)cc(/C=C3\C(=N)N4N=C(Cc5ccccc5)SC4=NC3=O)c2C)cc1. The molecule has 0 radical (unpaired) electrons. The van der Waals surface area contributed by atoms with Gasteiger partial charge in [0.1, 0.15) is 5.04 Å². The van der Waals surface area contributed by atoms with Gasteiger partial charge in [0.2, 0.25) is 5.17 Å². The molecule has 5 rings (SSSR count). The number of carbonyl (C=O) groups is 1. The van der Waals surface area contributed by atoms with Gasteiger partial charge in [-0.05, 0) is 73.0 Å². The molecule has 3 aromatic rings. The quantitative estimate of drug-likeness (QED) is 0.502. The first-order chi connectivity index (χ1) is 16.4. The summed E-state index contributed by atoms with van der Waals surface area (Å²) >= 11 is 1.35. The van der Waals surface area contributed by atoms with Gasteiger partial charge < -0.3 is 4.57 Å². The average molecular weight is 468 g/mol. The second-order valence-corrected chi connectivity index (χ2v) is 9.40. The second kappa shape index (κ2) is 8.91. The Labute approximate surface area is 203 Å². The smallest absolute Gasteiger partial charge is 0.283 e. The first-order valence-electron chi connectivity index (χ1n) is 11.3. The van der Waals surface area contributed by atoms with Crippen LogP contribution in [-0.4, -0.2) is 31.5 Å². The Morgan fingerprint density at radius 2 is 1.76 bits per heavy atom. The maximum atomic E-state index is 12.9. The van der Waals surface area contributed by atoms with Crippen LogP contribution >= 0.6 is 11.8 Å². The number of aliphatic imine (C=N–C) groups is 1. The monoisotopic (exact) mass is 467 g/mol. The average Bonchev–Trinajstić information content (AvgIpc) is 3.36. The molecule has 0 fully saturated rings. The van der Waals surface area contributed by atoms with Crippen LogP contribution in [0.25, 0.3) is 11.8 Å². The zero-order valence-corrected chi connectivity index (χ0v) is 20.2. The summed E-state index contributed by atoms with van der Waals surface area (Å²) in [5.74, 6) is -0.348. The third-order valence-corrected chi connectivity index (χ3v) is 6.98. The van der Waals surface area contributed by atoms with Crippen LogP contribution in [0.3, 0.4) is 0 Å². The molecule has 170 valence electrons. The van der Waals surface area contributed by atoms with E-state index in [9.17, 15) is 4.79 Å². The number of thioether (sulfide) groups is 1. The van der Waals surface area contributed by atoms with Crippen LogP contribution in [0.15, 0.2) is 76.3 Å². The van der Waals surface area contributed by atoms with Gasteiger partial charge in [0, 0.05) is 23.5 Å². The van der Waals surface area contributed by atoms with E-state index in [0.717, 1.165) is 39.7 Å². The molecule has 6 nitrogen and oxygen atoms in total. The Kier molecular flexibility index (Phi) is 5.79. The molecule has 1 aromatic heterocycles. The van der Waals surface area contributed by atoms with Gasteiger partial charge >= 0.3 is 0 Å². The maximum Gasteiger partial charge on any atom is 0.283 e. The van der Waals surface area contributed by atoms with Crippen molar-refractivity contribution >= 4 is 39.8 Å². The summed E-state index contributed by atoms with van der Waals surface area (Å²) in [5.41, 5.74) is 6.70. The number of carbonyl (C=O) groups excluding carboxylic acids is 1. The van der Waals surface area contributed by atoms with Gasteiger partial charge in [0.05, 0.1) is 5.57 Å². The summed E-state index contributed by atoms with van der Waals surface area (Å²) in [7, 11) is 0. The van der Waals surface area contributed by atoms with Crippen LogP contribution in [-0.2, 0) is 17.6 Å². The summed E-state index contributed by atoms with van der Waals surface area (Å²) < 4.78 is 2.17. The number of aromatic nitrogens is 1. The first-order valence-corrected chi connectivity index (χ1v) is 12.1. The predicted octanol–water partition coefficient (Wildman–Crippen LogP) is 5.52. The number of hydrogen-bond acceptors (Lipinski definition) is 4. The minimum Gasteiger partial charge on any atom is -0.318 e. The van der Waals surface area contributed by atoms with Crippen molar-refractivity contribution in [3.05, 3.63) is 94.3 Å². The summed E-state index contributed by atoms with van der Waals surface area (Å²) in [6.07, 6.45) is 3.40. The molecular formula is C27H25N5OS. The van der Waals surface area contributed by atoms with E-state index in [-0.39, 0.29) is 11.4 Å². The van der Waals surface area contributed by atoms with Gasteiger partial charge in [0.15, 0.2) is 5.84 Å². The lowest BCUT2D eigenvalue weighted by Crippen LogP contribution is -2.35. The number of benzene rings is 2. The highest BCUT2D eigenvalue weighted by Gasteiger charge is 2.35. The number of fused-ring (bicyclic) bond motifs is 1. The third-order valence-electron chi connectivity index (χ3n) is 6.07. The fourth-order valence-electron chi connectivity index (χ4n) is 4.24. The highest BCUT2D eigenvalue weighted by Crippen LogP contribution is 2.31. The van der Waals surface area contributed by atoms with E-state index < -0.39 is 5.91 Å². The highest BCUT2D eigenvalue weighted by molar-refractivity contribution is 8.26. The van der Waals surface area contributed by atoms with Gasteiger partial charge in [-0.3, -0.25) is 10.2 Å². The summed E-state index contributed by atoms with van der Waals surface area (Å²) in [6, 6.07) is 20.6. The molecular weight excluding hydrogens is 442 g/mol. The Morgan fingerprint density at radius 1 is 1.03 bits per heavy atom. The molecule has 0 spiro atoms. The van der Waals surface area contributed by atoms with E-state index in [1.165, 1.54) is 22.3 Å². The fourth-order valence-corrected chi connectivity index (χ4v) is 5.16. The molecule has 1 amide bonds.